The second-order valence-electron chi connectivity index (χ2n) is 32.2. The number of phosphoric acid groups is 7. The highest BCUT2D eigenvalue weighted by atomic mass is 31.2. The summed E-state index contributed by atoms with van der Waals surface area (Å²) < 4.78 is 217. The number of aliphatic hydroxyl groups excluding tert-OH is 1. The summed E-state index contributed by atoms with van der Waals surface area (Å²) in [6.07, 6.45) is -28.4. The van der Waals surface area contributed by atoms with Crippen LogP contribution in [-0.4, -0.2) is 273 Å². The second-order valence-corrected chi connectivity index (χ2v) is 41.8. The van der Waals surface area contributed by atoms with E-state index in [1.54, 1.807) is 0 Å². The van der Waals surface area contributed by atoms with Gasteiger partial charge in [0, 0.05) is 69.7 Å². The Morgan fingerprint density at radius 1 is 0.317 bits per heavy atom. The van der Waals surface area contributed by atoms with E-state index in [-0.39, 0.29) is 75.0 Å². The lowest BCUT2D eigenvalue weighted by Crippen LogP contribution is -2.32. The Morgan fingerprint density at radius 3 is 0.845 bits per heavy atom. The smallest absolute Gasteiger partial charge is 0.390 e. The first-order chi connectivity index (χ1) is 67.0. The van der Waals surface area contributed by atoms with E-state index < -0.39 is 308 Å². The Kier molecular flexibility index (Phi) is 29.8. The van der Waals surface area contributed by atoms with Crippen LogP contribution in [-0.2, 0) is 124 Å². The van der Waals surface area contributed by atoms with E-state index in [9.17, 15) is 105 Å². The number of aromatic amines is 2. The Labute approximate surface area is 788 Å². The fraction of sp³-hybridized carbons (Fsp3) is 0.530. The lowest BCUT2D eigenvalue weighted by Gasteiger charge is -2.26. The normalized spacial score (nSPS) is 29.6. The van der Waals surface area contributed by atoms with E-state index in [4.69, 9.17) is 128 Å². The van der Waals surface area contributed by atoms with Gasteiger partial charge in [0.2, 0.25) is 11.9 Å². The monoisotopic (exact) mass is 2150 g/mol. The maximum absolute atomic E-state index is 14.6. The van der Waals surface area contributed by atoms with Crippen molar-refractivity contribution in [3.63, 3.8) is 0 Å². The molecule has 10 aromatic rings. The third-order valence-corrected chi connectivity index (χ3v) is 29.1. The van der Waals surface area contributed by atoms with Crippen molar-refractivity contribution in [1.82, 2.24) is 96.8 Å². The molecule has 7 aliphatic heterocycles. The highest BCUT2D eigenvalue weighted by Crippen LogP contribution is 2.58. The summed E-state index contributed by atoms with van der Waals surface area (Å²) >= 11 is 0. The second kappa shape index (κ2) is 41.0. The van der Waals surface area contributed by atoms with Gasteiger partial charge in [-0.1, -0.05) is 0 Å². The van der Waals surface area contributed by atoms with Crippen molar-refractivity contribution in [3.8, 4) is 0 Å². The zero-order valence-corrected chi connectivity index (χ0v) is 78.4. The molecule has 0 spiro atoms. The first-order valence-electron chi connectivity index (χ1n) is 41.7. The number of phosphoric ester groups is 7. The van der Waals surface area contributed by atoms with Gasteiger partial charge in [0.1, 0.15) is 158 Å². The zero-order chi connectivity index (χ0) is 101. The number of anilines is 7. The summed E-state index contributed by atoms with van der Waals surface area (Å²) in [5.41, 5.74) is 34.3. The van der Waals surface area contributed by atoms with Crippen molar-refractivity contribution < 1.29 is 168 Å². The number of hydrogen-bond donors (Lipinski definition) is 18. The Hall–Kier alpha value is -10.2. The topological polar surface area (TPSA) is 979 Å². The number of ether oxygens (including phenoxy) is 7. The van der Waals surface area contributed by atoms with Gasteiger partial charge < -0.3 is 118 Å². The van der Waals surface area contributed by atoms with Gasteiger partial charge in [-0.25, -0.2) is 76.1 Å². The molecular formula is C66H86N27O42P7. The molecule has 7 saturated heterocycles. The Morgan fingerprint density at radius 2 is 0.563 bits per heavy atom. The lowest BCUT2D eigenvalue weighted by atomic mass is 10.2. The minimum absolute atomic E-state index is 0.0504. The zero-order valence-electron chi connectivity index (χ0n) is 72.2. The minimum Gasteiger partial charge on any atom is -0.390 e. The molecule has 0 aliphatic carbocycles. The van der Waals surface area contributed by atoms with Crippen molar-refractivity contribution in [3.05, 3.63) is 137 Å². The molecule has 17 heterocycles. The van der Waals surface area contributed by atoms with Crippen molar-refractivity contribution in [1.29, 1.82) is 0 Å². The summed E-state index contributed by atoms with van der Waals surface area (Å²) in [5.74, 6) is -1.79. The number of aliphatic hydroxyl groups is 1. The number of rotatable bonds is 40. The van der Waals surface area contributed by atoms with Crippen molar-refractivity contribution >= 4 is 129 Å². The molecule has 7 fully saturated rings. The van der Waals surface area contributed by atoms with Crippen LogP contribution in [0.1, 0.15) is 88.5 Å². The van der Waals surface area contributed by atoms with Crippen LogP contribution in [0.25, 0.3) is 33.5 Å². The average molecular weight is 2150 g/mol. The third kappa shape index (κ3) is 24.1. The molecule has 7 aliphatic rings. The van der Waals surface area contributed by atoms with Crippen LogP contribution >= 0.6 is 54.8 Å². The molecule has 142 heavy (non-hydrogen) atoms. The number of aromatic nitrogens is 20. The quantitative estimate of drug-likeness (QED) is 0.0167. The first kappa shape index (κ1) is 103. The number of hydrogen-bond acceptors (Lipinski definition) is 52. The standard InChI is InChI=1S/C66H86N27O42P7/c67-41-1-5-87(63(97)79-41)46-10-28(130-137(104,105)117-16-34-27(94)9-45(123-34)91-24-76-52-55(71)74-23-75-56(52)91)36(124-46)18-118-138(106,107)131-29-11-47(88-6-2-42(68)80-64(88)98)125-37(29)19-119-139(108,109)132-30-12-48(89-7-3-43(69)81-65(89)99)127-39(30)21-121-142(114,115)135-33-15-51(93-26-78-54-58(93)84-62(73)86-60(54)96)129-40(33)22-122-140(110,111)133-31-13-49(90-8-4-44(70)82-66(90)100)126-38(31)20-120-141(112,113)134-32-14-50(128-35(32)17-116-136(101,102)103)92-25-77-53-57(92)83-61(72)85-59(53)95/h1-8,23-40,45-51,94H,9-22H2,(H,104,105)(H,106,107)(H,108,109)(H,110,111)(H,112,113)(H,114,115)(H2,67,79,97)(H2,68,80,98)(H2,69,81,99)(H2,70,82,100)(H2,71,74,75)(H2,101,102,103)(H3,72,83,85,95)(H3,73,84,86,96). The summed E-state index contributed by atoms with van der Waals surface area (Å²) in [6, 6.07) is 4.66. The number of nitrogens with one attached hydrogen (secondary N) is 2. The van der Waals surface area contributed by atoms with Gasteiger partial charge in [-0.2, -0.15) is 29.9 Å². The van der Waals surface area contributed by atoms with Gasteiger partial charge in [0.05, 0.1) is 71.3 Å². The van der Waals surface area contributed by atoms with Gasteiger partial charge in [0.15, 0.2) is 33.8 Å². The number of H-pyrrole nitrogens is 2. The summed E-state index contributed by atoms with van der Waals surface area (Å²) in [7, 11) is -38.9. The molecule has 27 atom stereocenters. The van der Waals surface area contributed by atoms with Crippen LogP contribution in [0.4, 0.5) is 41.0 Å². The van der Waals surface area contributed by atoms with E-state index in [1.807, 2.05) is 0 Å². The van der Waals surface area contributed by atoms with Crippen LogP contribution in [0, 0.1) is 0 Å². The molecule has 0 aromatic carbocycles. The van der Waals surface area contributed by atoms with Gasteiger partial charge in [-0.05, 0) is 24.3 Å². The summed E-state index contributed by atoms with van der Waals surface area (Å²) in [6.45, 7) is -7.62. The molecule has 0 bridgehead atoms. The van der Waals surface area contributed by atoms with Crippen LogP contribution in [0.2, 0.25) is 0 Å². The fourth-order valence-electron chi connectivity index (χ4n) is 16.2. The third-order valence-electron chi connectivity index (χ3n) is 22.6. The van der Waals surface area contributed by atoms with Crippen LogP contribution in [0.3, 0.4) is 0 Å². The average Bonchev–Trinajstić information content (AvgIpc) is 1.60. The van der Waals surface area contributed by atoms with Crippen LogP contribution in [0.5, 0.6) is 0 Å². The number of nitrogens with zero attached hydrogens (tertiary/aromatic N) is 18. The first-order valence-corrected chi connectivity index (χ1v) is 52.2. The molecular weight excluding hydrogens is 2060 g/mol. The molecule has 27 unspecified atom stereocenters. The maximum atomic E-state index is 14.6. The van der Waals surface area contributed by atoms with E-state index in [1.165, 1.54) is 23.3 Å². The highest BCUT2D eigenvalue weighted by Gasteiger charge is 2.53. The van der Waals surface area contributed by atoms with E-state index in [2.05, 4.69) is 69.3 Å². The number of fused-ring (bicyclic) bond motifs is 3. The molecule has 0 radical (unpaired) electrons. The molecule has 69 nitrogen and oxygen atoms in total. The molecule has 25 N–H and O–H groups in total. The van der Waals surface area contributed by atoms with Crippen molar-refractivity contribution in [2.75, 3.05) is 86.4 Å². The minimum atomic E-state index is -5.75. The van der Waals surface area contributed by atoms with Gasteiger partial charge >= 0.3 is 77.5 Å². The number of nitrogen functional groups attached to an aromatic ring is 7. The van der Waals surface area contributed by atoms with Gasteiger partial charge in [-0.15, -0.1) is 0 Å². The van der Waals surface area contributed by atoms with Crippen molar-refractivity contribution in [2.24, 2.45) is 0 Å². The Bertz CT molecular complexity index is 7150. The molecule has 0 amide bonds. The number of imidazole rings is 3. The van der Waals surface area contributed by atoms with E-state index >= 15 is 0 Å². The molecule has 17 rings (SSSR count). The SMILES string of the molecule is Nc1ccn(C2CC(OP(=O)(O)OCC3OC(n4cnc5c(N)ncnc54)CC3O)C(COP(=O)(O)OC3CC(n4ccc(N)nc4=O)OC3COP(=O)(O)OC3CC(n4ccc(N)nc4=O)OC3COP(=O)(O)OC3CC(n4cnc5c(=O)[nH]c(N)nc54)OC3COP(=O)(O)OC3CC(n4ccc(N)nc4=O)OC3COP(=O)(O)OC3CC(n4cnc5c(=O)[nH]c(N)nc54)OC3COP(=O)(O)O)O2)c(=O)n1. The van der Waals surface area contributed by atoms with Gasteiger partial charge in [0.25, 0.3) is 11.1 Å². The van der Waals surface area contributed by atoms with Gasteiger partial charge in [-0.3, -0.25) is 110 Å². The number of nitrogens with two attached hydrogens (primary N) is 7. The molecule has 76 heteroatoms. The largest absolute Gasteiger partial charge is 0.472 e. The predicted molar refractivity (Wildman–Crippen MR) is 464 cm³/mol. The van der Waals surface area contributed by atoms with Crippen molar-refractivity contribution in [2.45, 2.75) is 174 Å². The highest BCUT2D eigenvalue weighted by molar-refractivity contribution is 7.49. The van der Waals surface area contributed by atoms with E-state index in [0.717, 1.165) is 83.0 Å². The molecule has 772 valence electrons. The fourth-order valence-corrected chi connectivity index (χ4v) is 22.3. The lowest BCUT2D eigenvalue weighted by molar-refractivity contribution is -0.0656. The molecule has 0 saturated carbocycles. The van der Waals surface area contributed by atoms with E-state index in [0.29, 0.717) is 0 Å². The Balaban J connectivity index is 0.569. The summed E-state index contributed by atoms with van der Waals surface area (Å²) in [4.78, 5) is 215. The maximum Gasteiger partial charge on any atom is 0.472 e. The van der Waals surface area contributed by atoms with Crippen LogP contribution in [0.15, 0.2) is 103 Å². The predicted octanol–water partition coefficient (Wildman–Crippen LogP) is -3.31. The summed E-state index contributed by atoms with van der Waals surface area (Å²) in [5, 5.41) is 11.0. The molecule has 10 aromatic heterocycles. The van der Waals surface area contributed by atoms with Crippen LogP contribution < -0.4 is 74.0 Å².